The molecule has 2 N–H and O–H groups in total. The maximum atomic E-state index is 10.9. The van der Waals surface area contributed by atoms with E-state index >= 15 is 0 Å². The van der Waals surface area contributed by atoms with E-state index in [-0.39, 0.29) is 12.8 Å². The van der Waals surface area contributed by atoms with Gasteiger partial charge in [0.05, 0.1) is 0 Å². The molecule has 4 heteroatoms. The Kier molecular flexibility index (Phi) is 2.56. The molecule has 1 atom stereocenters. The number of carboxylic acid groups (broad SMARTS) is 1. The fourth-order valence-corrected chi connectivity index (χ4v) is 2.34. The molecule has 1 aromatic carbocycles. The van der Waals surface area contributed by atoms with E-state index in [1.54, 1.807) is 0 Å². The number of halogens is 1. The third-order valence-electron chi connectivity index (χ3n) is 2.86. The summed E-state index contributed by atoms with van der Waals surface area (Å²) in [6.07, 6.45) is 1.09. The summed E-state index contributed by atoms with van der Waals surface area (Å²) in [5.41, 5.74) is 0.463. The van der Waals surface area contributed by atoms with Gasteiger partial charge in [0, 0.05) is 10.9 Å². The maximum absolute atomic E-state index is 10.9. The second kappa shape index (κ2) is 3.61. The predicted molar refractivity (Wildman–Crippen MR) is 58.8 cm³/mol. The van der Waals surface area contributed by atoms with Crippen LogP contribution in [0.2, 0.25) is 0 Å². The minimum atomic E-state index is -1.58. The van der Waals surface area contributed by atoms with Gasteiger partial charge in [-0.15, -0.1) is 0 Å². The minimum Gasteiger partial charge on any atom is -0.479 e. The van der Waals surface area contributed by atoms with Crippen LogP contribution in [0.25, 0.3) is 0 Å². The summed E-state index contributed by atoms with van der Waals surface area (Å²) < 4.78 is 0.988. The Morgan fingerprint density at radius 1 is 1.40 bits per heavy atom. The first kappa shape index (κ1) is 10.6. The van der Waals surface area contributed by atoms with Crippen molar-refractivity contribution in [3.63, 3.8) is 0 Å². The number of aryl methyl sites for hydroxylation is 1. The quantitative estimate of drug-likeness (QED) is 0.818. The molecule has 0 fully saturated rings. The van der Waals surface area contributed by atoms with Crippen LogP contribution in [-0.2, 0) is 17.6 Å². The number of hydrogen-bond acceptors (Lipinski definition) is 2. The Balaban J connectivity index is 2.35. The number of benzene rings is 1. The lowest BCUT2D eigenvalue weighted by Gasteiger charge is -2.29. The molecule has 0 radical (unpaired) electrons. The van der Waals surface area contributed by atoms with Crippen LogP contribution in [0.15, 0.2) is 22.7 Å². The van der Waals surface area contributed by atoms with E-state index < -0.39 is 11.6 Å². The summed E-state index contributed by atoms with van der Waals surface area (Å²) in [7, 11) is 0. The number of rotatable bonds is 1. The van der Waals surface area contributed by atoms with Gasteiger partial charge in [0.1, 0.15) is 0 Å². The molecule has 15 heavy (non-hydrogen) atoms. The Bertz CT molecular complexity index is 416. The van der Waals surface area contributed by atoms with Gasteiger partial charge in [-0.25, -0.2) is 4.79 Å². The highest BCUT2D eigenvalue weighted by molar-refractivity contribution is 9.10. The highest BCUT2D eigenvalue weighted by atomic mass is 79.9. The summed E-state index contributed by atoms with van der Waals surface area (Å²) in [5, 5.41) is 18.8. The average Bonchev–Trinajstić information content (AvgIpc) is 2.18. The molecule has 1 aliphatic carbocycles. The summed E-state index contributed by atoms with van der Waals surface area (Å²) >= 11 is 3.37. The maximum Gasteiger partial charge on any atom is 0.336 e. The second-order valence-electron chi connectivity index (χ2n) is 3.93. The van der Waals surface area contributed by atoms with E-state index in [1.807, 2.05) is 18.2 Å². The van der Waals surface area contributed by atoms with E-state index in [4.69, 9.17) is 5.11 Å². The standard InChI is InChI=1S/C11H11BrO3/c12-9-2-1-8-6-11(15,10(13)14)4-3-7(8)5-9/h1-2,5,15H,3-4,6H2,(H,13,14)/t11-/m0/s1. The van der Waals surface area contributed by atoms with Gasteiger partial charge in [-0.3, -0.25) is 0 Å². The van der Waals surface area contributed by atoms with Gasteiger partial charge in [-0.1, -0.05) is 22.0 Å². The van der Waals surface area contributed by atoms with Gasteiger partial charge < -0.3 is 10.2 Å². The highest BCUT2D eigenvalue weighted by Gasteiger charge is 2.39. The van der Waals surface area contributed by atoms with Crippen LogP contribution in [0.3, 0.4) is 0 Å². The topological polar surface area (TPSA) is 57.5 Å². The van der Waals surface area contributed by atoms with Crippen molar-refractivity contribution in [2.75, 3.05) is 0 Å². The molecular formula is C11H11BrO3. The summed E-state index contributed by atoms with van der Waals surface area (Å²) in [6, 6.07) is 5.72. The smallest absolute Gasteiger partial charge is 0.336 e. The van der Waals surface area contributed by atoms with E-state index in [1.165, 1.54) is 0 Å². The van der Waals surface area contributed by atoms with E-state index in [2.05, 4.69) is 15.9 Å². The van der Waals surface area contributed by atoms with Crippen molar-refractivity contribution in [1.82, 2.24) is 0 Å². The Hall–Kier alpha value is -0.870. The molecule has 0 aromatic heterocycles. The number of carbonyl (C=O) groups is 1. The average molecular weight is 271 g/mol. The van der Waals surface area contributed by atoms with Crippen LogP contribution in [0.4, 0.5) is 0 Å². The molecule has 1 aliphatic rings. The van der Waals surface area contributed by atoms with Crippen LogP contribution in [0, 0.1) is 0 Å². The predicted octanol–water partition coefficient (Wildman–Crippen LogP) is 1.75. The number of fused-ring (bicyclic) bond motifs is 1. The fourth-order valence-electron chi connectivity index (χ4n) is 1.93. The third-order valence-corrected chi connectivity index (χ3v) is 3.35. The molecule has 0 heterocycles. The van der Waals surface area contributed by atoms with Gasteiger partial charge in [0.25, 0.3) is 0 Å². The molecule has 0 saturated heterocycles. The van der Waals surface area contributed by atoms with Crippen LogP contribution >= 0.6 is 15.9 Å². The molecule has 0 saturated carbocycles. The summed E-state index contributed by atoms with van der Waals surface area (Å²) in [4.78, 5) is 10.9. The number of carboxylic acids is 1. The SMILES string of the molecule is O=C(O)[C@]1(O)CCc2cc(Br)ccc2C1. The van der Waals surface area contributed by atoms with E-state index in [9.17, 15) is 9.90 Å². The molecule has 1 aromatic rings. The van der Waals surface area contributed by atoms with Gasteiger partial charge in [-0.05, 0) is 36.1 Å². The van der Waals surface area contributed by atoms with Crippen molar-refractivity contribution in [2.45, 2.75) is 24.9 Å². The molecule has 0 aliphatic heterocycles. The number of aliphatic carboxylic acids is 1. The summed E-state index contributed by atoms with van der Waals surface area (Å²) in [6.45, 7) is 0. The van der Waals surface area contributed by atoms with Crippen molar-refractivity contribution >= 4 is 21.9 Å². The summed E-state index contributed by atoms with van der Waals surface area (Å²) in [5.74, 6) is -1.13. The van der Waals surface area contributed by atoms with Crippen molar-refractivity contribution in [1.29, 1.82) is 0 Å². The zero-order valence-corrected chi connectivity index (χ0v) is 9.62. The largest absolute Gasteiger partial charge is 0.479 e. The van der Waals surface area contributed by atoms with E-state index in [0.717, 1.165) is 15.6 Å². The lowest BCUT2D eigenvalue weighted by Crippen LogP contribution is -2.43. The molecule has 0 amide bonds. The van der Waals surface area contributed by atoms with Crippen molar-refractivity contribution in [2.24, 2.45) is 0 Å². The van der Waals surface area contributed by atoms with Crippen LogP contribution in [-0.4, -0.2) is 21.8 Å². The van der Waals surface area contributed by atoms with Crippen LogP contribution < -0.4 is 0 Å². The Labute approximate surface area is 95.9 Å². The first-order valence-electron chi connectivity index (χ1n) is 4.74. The lowest BCUT2D eigenvalue weighted by atomic mass is 9.80. The van der Waals surface area contributed by atoms with Crippen molar-refractivity contribution in [3.8, 4) is 0 Å². The first-order chi connectivity index (χ1) is 7.01. The zero-order valence-electron chi connectivity index (χ0n) is 8.03. The Morgan fingerprint density at radius 3 is 2.80 bits per heavy atom. The highest BCUT2D eigenvalue weighted by Crippen LogP contribution is 2.30. The molecule has 0 unspecified atom stereocenters. The number of hydrogen-bond donors (Lipinski definition) is 2. The normalized spacial score (nSPS) is 24.7. The minimum absolute atomic E-state index is 0.199. The third kappa shape index (κ3) is 1.92. The van der Waals surface area contributed by atoms with Crippen molar-refractivity contribution < 1.29 is 15.0 Å². The Morgan fingerprint density at radius 2 is 2.13 bits per heavy atom. The lowest BCUT2D eigenvalue weighted by molar-refractivity contribution is -0.159. The fraction of sp³-hybridized carbons (Fsp3) is 0.364. The van der Waals surface area contributed by atoms with Crippen molar-refractivity contribution in [3.05, 3.63) is 33.8 Å². The zero-order chi connectivity index (χ0) is 11.1. The van der Waals surface area contributed by atoms with E-state index in [0.29, 0.717) is 6.42 Å². The monoisotopic (exact) mass is 270 g/mol. The van der Waals surface area contributed by atoms with Crippen LogP contribution in [0.5, 0.6) is 0 Å². The van der Waals surface area contributed by atoms with Gasteiger partial charge >= 0.3 is 5.97 Å². The second-order valence-corrected chi connectivity index (χ2v) is 4.84. The number of aliphatic hydroxyl groups is 1. The van der Waals surface area contributed by atoms with Gasteiger partial charge in [-0.2, -0.15) is 0 Å². The molecule has 2 rings (SSSR count). The molecular weight excluding hydrogens is 260 g/mol. The first-order valence-corrected chi connectivity index (χ1v) is 5.54. The molecule has 0 spiro atoms. The van der Waals surface area contributed by atoms with Gasteiger partial charge in [0.2, 0.25) is 0 Å². The molecule has 3 nitrogen and oxygen atoms in total. The van der Waals surface area contributed by atoms with Gasteiger partial charge in [0.15, 0.2) is 5.60 Å². The van der Waals surface area contributed by atoms with Crippen LogP contribution in [0.1, 0.15) is 17.5 Å². The molecule has 0 bridgehead atoms. The molecule has 80 valence electrons.